The number of benzene rings is 1. The Bertz CT molecular complexity index is 399. The fraction of sp³-hybridized carbons (Fsp3) is 0.364. The van der Waals surface area contributed by atoms with E-state index in [9.17, 15) is 13.6 Å². The molecule has 0 aliphatic rings. The number of carbonyl (C=O) groups excluding carboxylic acids is 1. The van der Waals surface area contributed by atoms with Crippen molar-refractivity contribution in [1.29, 1.82) is 0 Å². The molecule has 17 heavy (non-hydrogen) atoms. The van der Waals surface area contributed by atoms with E-state index in [0.29, 0.717) is 0 Å². The average Bonchev–Trinajstić information content (AvgIpc) is 2.21. The van der Waals surface area contributed by atoms with Crippen LogP contribution in [0.4, 0.5) is 8.78 Å². The summed E-state index contributed by atoms with van der Waals surface area (Å²) >= 11 is 0. The summed E-state index contributed by atoms with van der Waals surface area (Å²) in [5, 5.41) is 2.49. The molecule has 0 spiro atoms. The van der Waals surface area contributed by atoms with Crippen LogP contribution in [-0.4, -0.2) is 11.9 Å². The van der Waals surface area contributed by atoms with Gasteiger partial charge in [0.25, 0.3) is 0 Å². The lowest BCUT2D eigenvalue weighted by Crippen LogP contribution is -2.39. The van der Waals surface area contributed by atoms with Crippen molar-refractivity contribution in [2.75, 3.05) is 0 Å². The molecule has 0 aliphatic carbocycles. The highest BCUT2D eigenvalue weighted by Gasteiger charge is 2.17. The summed E-state index contributed by atoms with van der Waals surface area (Å²) in [4.78, 5) is 11.3. The number of amides is 1. The number of hydrogen-bond donors (Lipinski definition) is 2. The van der Waals surface area contributed by atoms with Crippen molar-refractivity contribution >= 4 is 18.3 Å². The summed E-state index contributed by atoms with van der Waals surface area (Å²) < 4.78 is 26.3. The summed E-state index contributed by atoms with van der Waals surface area (Å²) in [5.74, 6) is -2.28. The van der Waals surface area contributed by atoms with Crippen molar-refractivity contribution in [1.82, 2.24) is 5.32 Å². The maximum atomic E-state index is 13.3. The number of hydrogen-bond acceptors (Lipinski definition) is 2. The molecule has 0 aromatic heterocycles. The first-order valence-corrected chi connectivity index (χ1v) is 4.93. The van der Waals surface area contributed by atoms with Crippen molar-refractivity contribution in [3.8, 4) is 0 Å². The van der Waals surface area contributed by atoms with E-state index in [1.165, 1.54) is 19.1 Å². The van der Waals surface area contributed by atoms with E-state index in [2.05, 4.69) is 5.32 Å². The molecule has 0 saturated carbocycles. The molecular formula is C11H15ClF2N2O. The Morgan fingerprint density at radius 2 is 1.94 bits per heavy atom. The zero-order chi connectivity index (χ0) is 12.3. The number of halogens is 3. The number of nitrogens with two attached hydrogens (primary N) is 1. The van der Waals surface area contributed by atoms with Crippen LogP contribution in [0.2, 0.25) is 0 Å². The molecule has 96 valence electrons. The Hall–Kier alpha value is -1.20. The highest BCUT2D eigenvalue weighted by molar-refractivity contribution is 5.85. The second-order valence-corrected chi connectivity index (χ2v) is 3.66. The molecule has 0 saturated heterocycles. The van der Waals surface area contributed by atoms with Crippen LogP contribution < -0.4 is 11.1 Å². The lowest BCUT2D eigenvalue weighted by Gasteiger charge is -2.16. The summed E-state index contributed by atoms with van der Waals surface area (Å²) in [6.07, 6.45) is 0. The fourth-order valence-electron chi connectivity index (χ4n) is 1.28. The summed E-state index contributed by atoms with van der Waals surface area (Å²) in [7, 11) is 0. The minimum atomic E-state index is -0.944. The van der Waals surface area contributed by atoms with E-state index < -0.39 is 29.6 Å². The summed E-state index contributed by atoms with van der Waals surface area (Å²) in [6.45, 7) is 3.09. The standard InChI is InChI=1S/C11H14F2N2O.ClH/c1-6(14)11(16)15-7(2)8-4-3-5-9(12)10(8)13;/h3-7H,14H2,1-2H3,(H,15,16);1H. The molecule has 3 nitrogen and oxygen atoms in total. The Kier molecular flexibility index (Phi) is 6.05. The Labute approximate surface area is 105 Å². The quantitative estimate of drug-likeness (QED) is 0.876. The lowest BCUT2D eigenvalue weighted by atomic mass is 10.1. The molecule has 3 N–H and O–H groups in total. The van der Waals surface area contributed by atoms with Crippen molar-refractivity contribution < 1.29 is 13.6 Å². The first-order valence-electron chi connectivity index (χ1n) is 4.93. The van der Waals surface area contributed by atoms with E-state index in [1.807, 2.05) is 0 Å². The van der Waals surface area contributed by atoms with E-state index in [-0.39, 0.29) is 18.0 Å². The lowest BCUT2D eigenvalue weighted by molar-refractivity contribution is -0.122. The largest absolute Gasteiger partial charge is 0.348 e. The van der Waals surface area contributed by atoms with Gasteiger partial charge in [0.2, 0.25) is 5.91 Å². The van der Waals surface area contributed by atoms with Crippen LogP contribution in [0.25, 0.3) is 0 Å². The Morgan fingerprint density at radius 3 is 2.47 bits per heavy atom. The van der Waals surface area contributed by atoms with Crippen LogP contribution in [0.15, 0.2) is 18.2 Å². The van der Waals surface area contributed by atoms with Gasteiger partial charge in [0.1, 0.15) is 0 Å². The molecule has 1 amide bonds. The third-order valence-electron chi connectivity index (χ3n) is 2.22. The maximum absolute atomic E-state index is 13.3. The fourth-order valence-corrected chi connectivity index (χ4v) is 1.28. The van der Waals surface area contributed by atoms with Gasteiger partial charge in [-0.1, -0.05) is 12.1 Å². The van der Waals surface area contributed by atoms with Gasteiger partial charge in [0.05, 0.1) is 12.1 Å². The molecule has 0 heterocycles. The van der Waals surface area contributed by atoms with Gasteiger partial charge in [-0.3, -0.25) is 4.79 Å². The average molecular weight is 265 g/mol. The van der Waals surface area contributed by atoms with Crippen LogP contribution in [0.3, 0.4) is 0 Å². The van der Waals surface area contributed by atoms with Crippen LogP contribution in [0.5, 0.6) is 0 Å². The highest BCUT2D eigenvalue weighted by atomic mass is 35.5. The van der Waals surface area contributed by atoms with Gasteiger partial charge in [-0.2, -0.15) is 0 Å². The van der Waals surface area contributed by atoms with Crippen LogP contribution in [0.1, 0.15) is 25.5 Å². The predicted molar refractivity (Wildman–Crippen MR) is 63.8 cm³/mol. The minimum absolute atomic E-state index is 0. The molecule has 0 radical (unpaired) electrons. The van der Waals surface area contributed by atoms with Crippen molar-refractivity contribution in [3.05, 3.63) is 35.4 Å². The monoisotopic (exact) mass is 264 g/mol. The zero-order valence-electron chi connectivity index (χ0n) is 9.54. The van der Waals surface area contributed by atoms with Crippen LogP contribution in [0, 0.1) is 11.6 Å². The first-order chi connectivity index (χ1) is 7.43. The predicted octanol–water partition coefficient (Wildman–Crippen LogP) is 1.91. The summed E-state index contributed by atoms with van der Waals surface area (Å²) in [5.41, 5.74) is 5.46. The van der Waals surface area contributed by atoms with Crippen LogP contribution >= 0.6 is 12.4 Å². The third kappa shape index (κ3) is 3.94. The molecular weight excluding hydrogens is 250 g/mol. The molecule has 0 aliphatic heterocycles. The molecule has 0 fully saturated rings. The second-order valence-electron chi connectivity index (χ2n) is 3.66. The molecule has 1 aromatic carbocycles. The molecule has 2 atom stereocenters. The van der Waals surface area contributed by atoms with E-state index in [0.717, 1.165) is 6.07 Å². The molecule has 6 heteroatoms. The second kappa shape index (κ2) is 6.51. The van der Waals surface area contributed by atoms with Crippen molar-refractivity contribution in [2.24, 2.45) is 5.73 Å². The van der Waals surface area contributed by atoms with Crippen molar-refractivity contribution in [3.63, 3.8) is 0 Å². The number of carbonyl (C=O) groups is 1. The van der Waals surface area contributed by atoms with Gasteiger partial charge in [0.15, 0.2) is 11.6 Å². The van der Waals surface area contributed by atoms with Crippen molar-refractivity contribution in [2.45, 2.75) is 25.9 Å². The van der Waals surface area contributed by atoms with Gasteiger partial charge < -0.3 is 11.1 Å². The third-order valence-corrected chi connectivity index (χ3v) is 2.22. The first kappa shape index (κ1) is 15.8. The molecule has 1 aromatic rings. The number of nitrogens with one attached hydrogen (secondary N) is 1. The van der Waals surface area contributed by atoms with Crippen LogP contribution in [-0.2, 0) is 4.79 Å². The van der Waals surface area contributed by atoms with E-state index in [4.69, 9.17) is 5.73 Å². The Morgan fingerprint density at radius 1 is 1.35 bits per heavy atom. The van der Waals surface area contributed by atoms with E-state index >= 15 is 0 Å². The zero-order valence-corrected chi connectivity index (χ0v) is 10.4. The number of rotatable bonds is 3. The molecule has 0 bridgehead atoms. The molecule has 1 rings (SSSR count). The van der Waals surface area contributed by atoms with Gasteiger partial charge in [-0.05, 0) is 19.9 Å². The van der Waals surface area contributed by atoms with E-state index in [1.54, 1.807) is 6.92 Å². The van der Waals surface area contributed by atoms with Gasteiger partial charge in [-0.25, -0.2) is 8.78 Å². The van der Waals surface area contributed by atoms with Gasteiger partial charge in [-0.15, -0.1) is 12.4 Å². The van der Waals surface area contributed by atoms with Gasteiger partial charge in [0, 0.05) is 5.56 Å². The molecule has 2 unspecified atom stereocenters. The highest BCUT2D eigenvalue weighted by Crippen LogP contribution is 2.18. The smallest absolute Gasteiger partial charge is 0.237 e. The minimum Gasteiger partial charge on any atom is -0.348 e. The normalized spacial score (nSPS) is 13.5. The van der Waals surface area contributed by atoms with Gasteiger partial charge >= 0.3 is 0 Å². The maximum Gasteiger partial charge on any atom is 0.237 e. The topological polar surface area (TPSA) is 55.1 Å². The SMILES string of the molecule is CC(N)C(=O)NC(C)c1cccc(F)c1F.Cl. The summed E-state index contributed by atoms with van der Waals surface area (Å²) in [6, 6.07) is 2.54. The Balaban J connectivity index is 0.00000256.